The van der Waals surface area contributed by atoms with Crippen molar-refractivity contribution >= 4 is 28.6 Å². The first-order valence-corrected chi connectivity index (χ1v) is 14.7. The second-order valence-electron chi connectivity index (χ2n) is 11.6. The quantitative estimate of drug-likeness (QED) is 0.174. The van der Waals surface area contributed by atoms with Gasteiger partial charge in [0.25, 0.3) is 0 Å². The third kappa shape index (κ3) is 4.37. The number of fused-ring (bicyclic) bond motifs is 9. The van der Waals surface area contributed by atoms with Crippen molar-refractivity contribution in [3.63, 3.8) is 0 Å². The van der Waals surface area contributed by atoms with Crippen LogP contribution in [0.5, 0.6) is 0 Å². The van der Waals surface area contributed by atoms with Gasteiger partial charge in [0.05, 0.1) is 16.5 Å². The zero-order valence-corrected chi connectivity index (χ0v) is 24.5. The van der Waals surface area contributed by atoms with E-state index in [2.05, 4.69) is 145 Å². The summed E-state index contributed by atoms with van der Waals surface area (Å²) >= 11 is 0. The highest BCUT2D eigenvalue weighted by atomic mass is 15.1. The molecule has 0 bridgehead atoms. The number of benzene rings is 3. The van der Waals surface area contributed by atoms with E-state index in [9.17, 15) is 0 Å². The Morgan fingerprint density at radius 2 is 1.34 bits per heavy atom. The molecule has 0 saturated carbocycles. The minimum Gasteiger partial charge on any atom is -0.378 e. The zero-order chi connectivity index (χ0) is 28.1. The molecule has 0 saturated heterocycles. The van der Waals surface area contributed by atoms with Crippen molar-refractivity contribution in [1.82, 2.24) is 0 Å². The van der Waals surface area contributed by atoms with Gasteiger partial charge in [-0.1, -0.05) is 54.6 Å². The van der Waals surface area contributed by atoms with Crippen molar-refractivity contribution in [3.05, 3.63) is 125 Å². The number of allylic oxidation sites excluding steroid dienone is 2. The molecular weight excluding hydrogens is 498 g/mol. The third-order valence-electron chi connectivity index (χ3n) is 9.11. The van der Waals surface area contributed by atoms with E-state index < -0.39 is 0 Å². The molecule has 0 unspecified atom stereocenters. The van der Waals surface area contributed by atoms with Gasteiger partial charge in [0.15, 0.2) is 25.5 Å². The monoisotopic (exact) mass is 535 g/mol. The lowest BCUT2D eigenvalue weighted by Gasteiger charge is -2.27. The lowest BCUT2D eigenvalue weighted by Crippen LogP contribution is -2.43. The summed E-state index contributed by atoms with van der Waals surface area (Å²) in [6.45, 7) is 6.73. The van der Waals surface area contributed by atoms with E-state index in [1.165, 1.54) is 72.4 Å². The van der Waals surface area contributed by atoms with E-state index >= 15 is 0 Å². The molecule has 4 heterocycles. The Labute approximate surface area is 243 Å². The predicted octanol–water partition coefficient (Wildman–Crippen LogP) is 7.27. The largest absolute Gasteiger partial charge is 0.378 e. The van der Waals surface area contributed by atoms with Crippen molar-refractivity contribution in [2.24, 2.45) is 0 Å². The van der Waals surface area contributed by atoms with Crippen LogP contribution in [-0.2, 0) is 25.9 Å². The Bertz CT molecular complexity index is 1870. The van der Waals surface area contributed by atoms with Crippen molar-refractivity contribution in [2.75, 3.05) is 19.0 Å². The van der Waals surface area contributed by atoms with Gasteiger partial charge in [-0.15, -0.1) is 0 Å². The highest BCUT2D eigenvalue weighted by molar-refractivity contribution is 5.99. The standard InChI is InChI=1S/C38H37N3/c1-26-27(2)33-20-24-41-22-18-30-11-7-8-12-34(30)38(41)37(33)36-32(26)19-23-40-21-17-29(25-35(36)40)10-6-5-9-28-13-15-31(16-14-28)39(3)4/h5-18,21-22,25H,19-20,23-24H2,1-4H3/q+2. The molecule has 0 aliphatic carbocycles. The highest BCUT2D eigenvalue weighted by Gasteiger charge is 2.37. The molecule has 0 N–H and O–H groups in total. The minimum atomic E-state index is 1.02. The Balaban J connectivity index is 1.33. The van der Waals surface area contributed by atoms with E-state index in [1.54, 1.807) is 0 Å². The normalized spacial score (nSPS) is 13.8. The van der Waals surface area contributed by atoms with Gasteiger partial charge in [-0.2, -0.15) is 9.13 Å². The van der Waals surface area contributed by atoms with Crippen LogP contribution >= 0.6 is 0 Å². The lowest BCUT2D eigenvalue weighted by molar-refractivity contribution is -0.689. The van der Waals surface area contributed by atoms with Crippen molar-refractivity contribution in [3.8, 4) is 22.5 Å². The van der Waals surface area contributed by atoms with Gasteiger partial charge in [-0.05, 0) is 70.8 Å². The number of aryl methyl sites for hydroxylation is 2. The molecular formula is C38H37N3+2. The molecule has 3 heteroatoms. The van der Waals surface area contributed by atoms with Crippen LogP contribution in [0.4, 0.5) is 5.69 Å². The SMILES string of the molecule is Cc1c(C)c2c(c3c1CC[n+]1ccc(/C=C/C=C/c4ccc(N(C)C)cc4)cc1-3)-c1c3ccccc3cc[n+]1CC2. The second kappa shape index (κ2) is 10.2. The van der Waals surface area contributed by atoms with Gasteiger partial charge in [0.1, 0.15) is 0 Å². The molecule has 2 aliphatic rings. The zero-order valence-electron chi connectivity index (χ0n) is 24.5. The fourth-order valence-corrected chi connectivity index (χ4v) is 6.76. The lowest BCUT2D eigenvalue weighted by atomic mass is 9.79. The number of aromatic nitrogens is 2. The summed E-state index contributed by atoms with van der Waals surface area (Å²) < 4.78 is 4.94. The van der Waals surface area contributed by atoms with E-state index in [0.29, 0.717) is 0 Å². The van der Waals surface area contributed by atoms with Crippen LogP contribution in [0.15, 0.2) is 91.3 Å². The van der Waals surface area contributed by atoms with E-state index in [1.807, 2.05) is 0 Å². The molecule has 0 radical (unpaired) electrons. The fourth-order valence-electron chi connectivity index (χ4n) is 6.76. The van der Waals surface area contributed by atoms with Gasteiger partial charge >= 0.3 is 0 Å². The van der Waals surface area contributed by atoms with Crippen LogP contribution < -0.4 is 14.0 Å². The van der Waals surface area contributed by atoms with Crippen LogP contribution in [0, 0.1) is 13.8 Å². The number of nitrogens with zero attached hydrogens (tertiary/aromatic N) is 3. The summed E-state index contributed by atoms with van der Waals surface area (Å²) in [5.41, 5.74) is 15.2. The summed E-state index contributed by atoms with van der Waals surface area (Å²) in [5.74, 6) is 0. The average Bonchev–Trinajstić information content (AvgIpc) is 3.01. The summed E-state index contributed by atoms with van der Waals surface area (Å²) in [6, 6.07) is 24.4. The fraction of sp³-hybridized carbons (Fsp3) is 0.211. The Morgan fingerprint density at radius 1 is 0.683 bits per heavy atom. The van der Waals surface area contributed by atoms with E-state index in [-0.39, 0.29) is 0 Å². The smallest absolute Gasteiger partial charge is 0.221 e. The Morgan fingerprint density at radius 3 is 2.10 bits per heavy atom. The molecule has 7 rings (SSSR count). The van der Waals surface area contributed by atoms with Gasteiger partial charge < -0.3 is 4.90 Å². The first-order valence-electron chi connectivity index (χ1n) is 14.7. The van der Waals surface area contributed by atoms with Crippen molar-refractivity contribution < 1.29 is 9.13 Å². The van der Waals surface area contributed by atoms with Gasteiger partial charge in [-0.25, -0.2) is 0 Å². The number of hydrogen-bond acceptors (Lipinski definition) is 1. The van der Waals surface area contributed by atoms with Crippen LogP contribution in [-0.4, -0.2) is 14.1 Å². The van der Waals surface area contributed by atoms with Gasteiger partial charge in [0, 0.05) is 50.8 Å². The Kier molecular flexibility index (Phi) is 6.31. The second-order valence-corrected chi connectivity index (χ2v) is 11.6. The molecule has 0 amide bonds. The Hall–Kier alpha value is -4.50. The van der Waals surface area contributed by atoms with Crippen LogP contribution in [0.25, 0.3) is 45.4 Å². The van der Waals surface area contributed by atoms with Crippen molar-refractivity contribution in [2.45, 2.75) is 39.8 Å². The van der Waals surface area contributed by atoms with Gasteiger partial charge in [-0.3, -0.25) is 0 Å². The molecule has 3 aromatic carbocycles. The molecule has 5 aromatic rings. The molecule has 2 aliphatic heterocycles. The molecule has 202 valence electrons. The summed E-state index contributed by atoms with van der Waals surface area (Å²) in [7, 11) is 4.14. The summed E-state index contributed by atoms with van der Waals surface area (Å²) in [6.07, 6.45) is 15.4. The first kappa shape index (κ1) is 25.5. The third-order valence-corrected chi connectivity index (χ3v) is 9.11. The summed E-state index contributed by atoms with van der Waals surface area (Å²) in [5, 5.41) is 2.65. The van der Waals surface area contributed by atoms with Gasteiger partial charge in [0.2, 0.25) is 11.4 Å². The maximum atomic E-state index is 2.48. The van der Waals surface area contributed by atoms with Crippen LogP contribution in [0.3, 0.4) is 0 Å². The maximum Gasteiger partial charge on any atom is 0.221 e. The number of anilines is 1. The van der Waals surface area contributed by atoms with Crippen LogP contribution in [0.2, 0.25) is 0 Å². The topological polar surface area (TPSA) is 11.0 Å². The predicted molar refractivity (Wildman–Crippen MR) is 171 cm³/mol. The highest BCUT2D eigenvalue weighted by Crippen LogP contribution is 2.44. The maximum absolute atomic E-state index is 2.48. The molecule has 0 spiro atoms. The summed E-state index contributed by atoms with van der Waals surface area (Å²) in [4.78, 5) is 2.12. The number of rotatable bonds is 4. The molecule has 0 fully saturated rings. The molecule has 3 nitrogen and oxygen atoms in total. The minimum absolute atomic E-state index is 1.02. The number of pyridine rings is 2. The van der Waals surface area contributed by atoms with E-state index in [0.717, 1.165) is 25.9 Å². The first-order chi connectivity index (χ1) is 20.0. The van der Waals surface area contributed by atoms with Crippen molar-refractivity contribution in [1.29, 1.82) is 0 Å². The molecule has 41 heavy (non-hydrogen) atoms. The van der Waals surface area contributed by atoms with E-state index in [4.69, 9.17) is 0 Å². The van der Waals surface area contributed by atoms with Crippen LogP contribution in [0.1, 0.15) is 33.4 Å². The molecule has 2 aromatic heterocycles. The number of hydrogen-bond donors (Lipinski definition) is 0. The molecule has 0 atom stereocenters. The average molecular weight is 536 g/mol.